The molecule has 0 saturated heterocycles. The highest BCUT2D eigenvalue weighted by Crippen LogP contribution is 2.27. The Morgan fingerprint density at radius 3 is 2.45 bits per heavy atom. The highest BCUT2D eigenvalue weighted by molar-refractivity contribution is 6.09. The van der Waals surface area contributed by atoms with E-state index >= 15 is 0 Å². The summed E-state index contributed by atoms with van der Waals surface area (Å²) in [5, 5.41) is 3.44. The summed E-state index contributed by atoms with van der Waals surface area (Å²) in [4.78, 5) is 12.0. The predicted octanol–water partition coefficient (Wildman–Crippen LogP) is 4.31. The normalized spacial score (nSPS) is 10.9. The fraction of sp³-hybridized carbons (Fsp3) is 0.118. The molecule has 0 spiro atoms. The molecule has 20 heavy (non-hydrogen) atoms. The van der Waals surface area contributed by atoms with Crippen molar-refractivity contribution in [2.24, 2.45) is 0 Å². The Hall–Kier alpha value is -2.42. The van der Waals surface area contributed by atoms with Crippen LogP contribution in [0.15, 0.2) is 48.5 Å². The number of carbonyl (C=O) groups excluding carboxylic acids is 1. The SMILES string of the molecule is CCOC(=O)c1c(F)ccc2cc3ccccc3cc12. The first-order valence-corrected chi connectivity index (χ1v) is 6.49. The first-order valence-electron chi connectivity index (χ1n) is 6.49. The van der Waals surface area contributed by atoms with Crippen LogP contribution in [0.2, 0.25) is 0 Å². The van der Waals surface area contributed by atoms with Crippen molar-refractivity contribution in [3.05, 3.63) is 59.9 Å². The lowest BCUT2D eigenvalue weighted by molar-refractivity contribution is 0.0523. The molecule has 0 saturated carbocycles. The number of esters is 1. The van der Waals surface area contributed by atoms with Crippen molar-refractivity contribution in [2.45, 2.75) is 6.92 Å². The van der Waals surface area contributed by atoms with Gasteiger partial charge in [-0.15, -0.1) is 0 Å². The Labute approximate surface area is 115 Å². The molecule has 0 radical (unpaired) electrons. The average molecular weight is 268 g/mol. The van der Waals surface area contributed by atoms with Crippen molar-refractivity contribution >= 4 is 27.5 Å². The molecule has 0 aliphatic rings. The summed E-state index contributed by atoms with van der Waals surface area (Å²) in [7, 11) is 0. The van der Waals surface area contributed by atoms with Gasteiger partial charge in [-0.2, -0.15) is 0 Å². The second-order valence-electron chi connectivity index (χ2n) is 4.56. The van der Waals surface area contributed by atoms with Crippen LogP contribution in [0.25, 0.3) is 21.5 Å². The minimum atomic E-state index is -0.620. The van der Waals surface area contributed by atoms with Crippen molar-refractivity contribution in [3.63, 3.8) is 0 Å². The van der Waals surface area contributed by atoms with Gasteiger partial charge in [0.25, 0.3) is 0 Å². The van der Waals surface area contributed by atoms with E-state index in [0.29, 0.717) is 5.39 Å². The molecule has 3 rings (SSSR count). The van der Waals surface area contributed by atoms with Gasteiger partial charge in [-0.1, -0.05) is 30.3 Å². The standard InChI is InChI=1S/C17H13FO2/c1-2-20-17(19)16-14-10-12-6-4-3-5-11(12)9-13(14)7-8-15(16)18/h3-10H,2H2,1H3. The Bertz CT molecular complexity index is 809. The van der Waals surface area contributed by atoms with Gasteiger partial charge in [0.2, 0.25) is 0 Å². The van der Waals surface area contributed by atoms with Gasteiger partial charge in [0.15, 0.2) is 0 Å². The molecule has 0 fully saturated rings. The molecule has 2 nitrogen and oxygen atoms in total. The van der Waals surface area contributed by atoms with E-state index in [4.69, 9.17) is 4.74 Å². The lowest BCUT2D eigenvalue weighted by Crippen LogP contribution is -2.08. The summed E-state index contributed by atoms with van der Waals surface area (Å²) in [5.41, 5.74) is 0.00935. The van der Waals surface area contributed by atoms with Gasteiger partial charge in [-0.3, -0.25) is 0 Å². The smallest absolute Gasteiger partial charge is 0.341 e. The first-order chi connectivity index (χ1) is 9.70. The minimum Gasteiger partial charge on any atom is -0.462 e. The van der Waals surface area contributed by atoms with Crippen LogP contribution in [0.1, 0.15) is 17.3 Å². The molecule has 3 aromatic rings. The Balaban J connectivity index is 2.34. The zero-order chi connectivity index (χ0) is 14.1. The molecule has 0 N–H and O–H groups in total. The first kappa shape index (κ1) is 12.6. The van der Waals surface area contributed by atoms with E-state index in [-0.39, 0.29) is 12.2 Å². The van der Waals surface area contributed by atoms with Crippen LogP contribution in [-0.4, -0.2) is 12.6 Å². The third-order valence-electron chi connectivity index (χ3n) is 3.31. The molecule has 100 valence electrons. The Kier molecular flexibility index (Phi) is 3.11. The molecule has 0 aliphatic heterocycles. The maximum Gasteiger partial charge on any atom is 0.341 e. The van der Waals surface area contributed by atoms with E-state index in [0.717, 1.165) is 16.2 Å². The number of hydrogen-bond donors (Lipinski definition) is 0. The zero-order valence-corrected chi connectivity index (χ0v) is 11.0. The molecule has 0 atom stereocenters. The third-order valence-corrected chi connectivity index (χ3v) is 3.31. The molecule has 3 aromatic carbocycles. The van der Waals surface area contributed by atoms with Crippen LogP contribution in [0.4, 0.5) is 4.39 Å². The number of rotatable bonds is 2. The summed E-state index contributed by atoms with van der Waals surface area (Å²) in [6.45, 7) is 1.93. The number of halogens is 1. The highest BCUT2D eigenvalue weighted by Gasteiger charge is 2.17. The summed E-state index contributed by atoms with van der Waals surface area (Å²) in [6.07, 6.45) is 0. The maximum absolute atomic E-state index is 14.0. The van der Waals surface area contributed by atoms with Crippen LogP contribution in [-0.2, 0) is 4.74 Å². The quantitative estimate of drug-likeness (QED) is 0.511. The monoisotopic (exact) mass is 268 g/mol. The zero-order valence-electron chi connectivity index (χ0n) is 11.0. The van der Waals surface area contributed by atoms with E-state index in [1.54, 1.807) is 13.0 Å². The van der Waals surface area contributed by atoms with Gasteiger partial charge in [-0.05, 0) is 46.7 Å². The molecular formula is C17H13FO2. The van der Waals surface area contributed by atoms with E-state index in [1.165, 1.54) is 6.07 Å². The van der Waals surface area contributed by atoms with Gasteiger partial charge in [0.05, 0.1) is 6.61 Å². The van der Waals surface area contributed by atoms with Crippen molar-refractivity contribution < 1.29 is 13.9 Å². The number of hydrogen-bond acceptors (Lipinski definition) is 2. The fourth-order valence-corrected chi connectivity index (χ4v) is 2.40. The van der Waals surface area contributed by atoms with Gasteiger partial charge in [-0.25, -0.2) is 9.18 Å². The van der Waals surface area contributed by atoms with Crippen LogP contribution in [0.3, 0.4) is 0 Å². The molecule has 0 aliphatic carbocycles. The summed E-state index contributed by atoms with van der Waals surface area (Å²) in [5.74, 6) is -1.17. The van der Waals surface area contributed by atoms with Gasteiger partial charge in [0, 0.05) is 0 Å². The summed E-state index contributed by atoms with van der Waals surface area (Å²) in [6, 6.07) is 14.6. The van der Waals surface area contributed by atoms with E-state index in [9.17, 15) is 9.18 Å². The Morgan fingerprint density at radius 2 is 1.75 bits per heavy atom. The number of benzene rings is 3. The molecule has 0 heterocycles. The van der Waals surface area contributed by atoms with Crippen LogP contribution >= 0.6 is 0 Å². The van der Waals surface area contributed by atoms with Gasteiger partial charge < -0.3 is 4.74 Å². The number of fused-ring (bicyclic) bond motifs is 2. The van der Waals surface area contributed by atoms with Gasteiger partial charge in [0.1, 0.15) is 11.4 Å². The fourth-order valence-electron chi connectivity index (χ4n) is 2.40. The predicted molar refractivity (Wildman–Crippen MR) is 77.4 cm³/mol. The molecule has 0 aromatic heterocycles. The topological polar surface area (TPSA) is 26.3 Å². The Morgan fingerprint density at radius 1 is 1.05 bits per heavy atom. The molecule has 0 unspecified atom stereocenters. The molecule has 0 bridgehead atoms. The van der Waals surface area contributed by atoms with E-state index in [2.05, 4.69) is 0 Å². The average Bonchev–Trinajstić information content (AvgIpc) is 2.45. The van der Waals surface area contributed by atoms with E-state index < -0.39 is 11.8 Å². The van der Waals surface area contributed by atoms with Crippen LogP contribution in [0.5, 0.6) is 0 Å². The highest BCUT2D eigenvalue weighted by atomic mass is 19.1. The number of ether oxygens (including phenoxy) is 1. The van der Waals surface area contributed by atoms with Crippen molar-refractivity contribution in [1.29, 1.82) is 0 Å². The second kappa shape index (κ2) is 4.93. The largest absolute Gasteiger partial charge is 0.462 e. The summed E-state index contributed by atoms with van der Waals surface area (Å²) < 4.78 is 18.9. The maximum atomic E-state index is 14.0. The van der Waals surface area contributed by atoms with E-state index in [1.807, 2.05) is 36.4 Å². The molecule has 3 heteroatoms. The second-order valence-corrected chi connectivity index (χ2v) is 4.56. The lowest BCUT2D eigenvalue weighted by Gasteiger charge is -2.09. The lowest BCUT2D eigenvalue weighted by atomic mass is 9.99. The van der Waals surface area contributed by atoms with Crippen molar-refractivity contribution in [1.82, 2.24) is 0 Å². The van der Waals surface area contributed by atoms with Crippen LogP contribution < -0.4 is 0 Å². The molecule has 0 amide bonds. The summed E-state index contributed by atoms with van der Waals surface area (Å²) >= 11 is 0. The van der Waals surface area contributed by atoms with Crippen LogP contribution in [0, 0.1) is 5.82 Å². The van der Waals surface area contributed by atoms with Crippen molar-refractivity contribution in [2.75, 3.05) is 6.61 Å². The third kappa shape index (κ3) is 2.01. The minimum absolute atomic E-state index is 0.00935. The van der Waals surface area contributed by atoms with Crippen molar-refractivity contribution in [3.8, 4) is 0 Å². The molecular weight excluding hydrogens is 255 g/mol. The number of carbonyl (C=O) groups is 1. The van der Waals surface area contributed by atoms with Gasteiger partial charge >= 0.3 is 5.97 Å².